The second-order valence-electron chi connectivity index (χ2n) is 7.68. The van der Waals surface area contributed by atoms with Gasteiger partial charge in [-0.25, -0.2) is 9.78 Å². The summed E-state index contributed by atoms with van der Waals surface area (Å²) in [6.07, 6.45) is 2.78. The minimum atomic E-state index is -0.518. The van der Waals surface area contributed by atoms with Gasteiger partial charge in [-0.3, -0.25) is 18.7 Å². The van der Waals surface area contributed by atoms with Gasteiger partial charge in [-0.15, -0.1) is 0 Å². The molecule has 3 heterocycles. The zero-order valence-corrected chi connectivity index (χ0v) is 19.1. The van der Waals surface area contributed by atoms with Gasteiger partial charge in [-0.1, -0.05) is 35.9 Å². The molecule has 0 atom stereocenters. The van der Waals surface area contributed by atoms with Gasteiger partial charge in [0.15, 0.2) is 10.8 Å². The van der Waals surface area contributed by atoms with Crippen LogP contribution < -0.4 is 21.5 Å². The van der Waals surface area contributed by atoms with Crippen molar-refractivity contribution in [1.29, 1.82) is 0 Å². The molecule has 1 aliphatic heterocycles. The lowest BCUT2D eigenvalue weighted by atomic mass is 10.2. The standard InChI is InChI=1S/C21H24ClN5O3S/c1-3-8-26-19(29)17-18(24-20(31-17)25-9-4-5-10-25)27(21(26)30)12-16(28)23-15-11-14(22)7-6-13(15)2/h6-7,11H,3-5,8-10,12H2,1-2H3,(H,23,28). The van der Waals surface area contributed by atoms with Crippen molar-refractivity contribution in [2.45, 2.75) is 46.2 Å². The number of anilines is 2. The van der Waals surface area contributed by atoms with Gasteiger partial charge < -0.3 is 10.2 Å². The molecule has 0 saturated carbocycles. The molecular formula is C21H24ClN5O3S. The molecule has 2 aromatic heterocycles. The molecule has 31 heavy (non-hydrogen) atoms. The summed E-state index contributed by atoms with van der Waals surface area (Å²) in [4.78, 5) is 45.6. The van der Waals surface area contributed by atoms with Crippen LogP contribution in [-0.4, -0.2) is 33.1 Å². The average Bonchev–Trinajstić information content (AvgIpc) is 3.41. The van der Waals surface area contributed by atoms with E-state index in [0.717, 1.165) is 36.6 Å². The monoisotopic (exact) mass is 461 g/mol. The van der Waals surface area contributed by atoms with Gasteiger partial charge in [-0.05, 0) is 43.9 Å². The SMILES string of the molecule is CCCn1c(=O)c2sc(N3CCCC3)nc2n(CC(=O)Nc2cc(Cl)ccc2C)c1=O. The maximum absolute atomic E-state index is 13.1. The van der Waals surface area contributed by atoms with Crippen molar-refractivity contribution in [3.05, 3.63) is 49.6 Å². The third-order valence-electron chi connectivity index (χ3n) is 5.35. The van der Waals surface area contributed by atoms with Crippen LogP contribution in [0.25, 0.3) is 10.3 Å². The second kappa shape index (κ2) is 8.84. The molecule has 0 aliphatic carbocycles. The summed E-state index contributed by atoms with van der Waals surface area (Å²) in [5.41, 5.74) is 0.853. The van der Waals surface area contributed by atoms with Gasteiger partial charge in [0.25, 0.3) is 5.56 Å². The van der Waals surface area contributed by atoms with Gasteiger partial charge >= 0.3 is 5.69 Å². The summed E-state index contributed by atoms with van der Waals surface area (Å²) >= 11 is 7.34. The number of nitrogens with zero attached hydrogens (tertiary/aromatic N) is 4. The van der Waals surface area contributed by atoms with Crippen LogP contribution in [0.1, 0.15) is 31.7 Å². The predicted octanol–water partition coefficient (Wildman–Crippen LogP) is 3.23. The largest absolute Gasteiger partial charge is 0.348 e. The number of benzene rings is 1. The molecule has 8 nitrogen and oxygen atoms in total. The Bertz CT molecular complexity index is 1260. The summed E-state index contributed by atoms with van der Waals surface area (Å²) in [7, 11) is 0. The number of rotatable bonds is 6. The number of aryl methyl sites for hydroxylation is 1. The third-order valence-corrected chi connectivity index (χ3v) is 6.68. The van der Waals surface area contributed by atoms with Crippen LogP contribution in [0.4, 0.5) is 10.8 Å². The molecule has 0 bridgehead atoms. The lowest BCUT2D eigenvalue weighted by molar-refractivity contribution is -0.116. The van der Waals surface area contributed by atoms with Crippen molar-refractivity contribution >= 4 is 50.0 Å². The number of nitrogens with one attached hydrogen (secondary N) is 1. The normalized spacial score (nSPS) is 13.8. The number of thiazole rings is 1. The van der Waals surface area contributed by atoms with Gasteiger partial charge in [0.05, 0.1) is 0 Å². The number of amides is 1. The molecule has 1 aliphatic rings. The first kappa shape index (κ1) is 21.6. The Hall–Kier alpha value is -2.65. The van der Waals surface area contributed by atoms with Gasteiger partial charge in [0.1, 0.15) is 11.2 Å². The van der Waals surface area contributed by atoms with Crippen LogP contribution in [0, 0.1) is 6.92 Å². The minimum Gasteiger partial charge on any atom is -0.348 e. The smallest absolute Gasteiger partial charge is 0.333 e. The minimum absolute atomic E-state index is 0.242. The summed E-state index contributed by atoms with van der Waals surface area (Å²) in [5.74, 6) is -0.383. The van der Waals surface area contributed by atoms with Crippen LogP contribution in [0.15, 0.2) is 27.8 Å². The summed E-state index contributed by atoms with van der Waals surface area (Å²) < 4.78 is 2.91. The van der Waals surface area contributed by atoms with E-state index in [4.69, 9.17) is 11.6 Å². The lowest BCUT2D eigenvalue weighted by Crippen LogP contribution is -2.41. The Kier molecular flexibility index (Phi) is 6.15. The third kappa shape index (κ3) is 4.24. The molecule has 0 radical (unpaired) electrons. The van der Waals surface area contributed by atoms with Gasteiger partial charge in [0, 0.05) is 30.3 Å². The van der Waals surface area contributed by atoms with Gasteiger partial charge in [0.2, 0.25) is 5.91 Å². The number of hydrogen-bond acceptors (Lipinski definition) is 6. The van der Waals surface area contributed by atoms with Crippen LogP contribution in [0.3, 0.4) is 0 Å². The first-order chi connectivity index (χ1) is 14.9. The van der Waals surface area contributed by atoms with Crippen LogP contribution in [-0.2, 0) is 17.9 Å². The number of hydrogen-bond donors (Lipinski definition) is 1. The molecule has 1 saturated heterocycles. The first-order valence-corrected chi connectivity index (χ1v) is 11.5. The Morgan fingerprint density at radius 3 is 2.68 bits per heavy atom. The fourth-order valence-corrected chi connectivity index (χ4v) is 4.98. The number of aromatic nitrogens is 3. The Morgan fingerprint density at radius 2 is 1.97 bits per heavy atom. The number of fused-ring (bicyclic) bond motifs is 1. The van der Waals surface area contributed by atoms with E-state index in [1.54, 1.807) is 12.1 Å². The quantitative estimate of drug-likeness (QED) is 0.608. The van der Waals surface area contributed by atoms with E-state index in [1.165, 1.54) is 20.5 Å². The first-order valence-electron chi connectivity index (χ1n) is 10.3. The fraction of sp³-hybridized carbons (Fsp3) is 0.429. The van der Waals surface area contributed by atoms with Crippen LogP contribution in [0.5, 0.6) is 0 Å². The molecule has 1 aromatic carbocycles. The van der Waals surface area contributed by atoms with E-state index in [1.807, 2.05) is 19.9 Å². The van der Waals surface area contributed by atoms with Crippen LogP contribution >= 0.6 is 22.9 Å². The highest BCUT2D eigenvalue weighted by molar-refractivity contribution is 7.22. The molecule has 1 amide bonds. The molecule has 1 fully saturated rings. The zero-order valence-electron chi connectivity index (χ0n) is 17.5. The lowest BCUT2D eigenvalue weighted by Gasteiger charge is -2.13. The fourth-order valence-electron chi connectivity index (χ4n) is 3.74. The topological polar surface area (TPSA) is 89.2 Å². The van der Waals surface area contributed by atoms with E-state index in [-0.39, 0.29) is 23.7 Å². The maximum atomic E-state index is 13.1. The molecule has 10 heteroatoms. The van der Waals surface area contributed by atoms with E-state index in [0.29, 0.717) is 28.4 Å². The summed E-state index contributed by atoms with van der Waals surface area (Å²) in [6.45, 7) is 5.56. The number of carbonyl (C=O) groups excluding carboxylic acids is 1. The van der Waals surface area contributed by atoms with Crippen molar-refractivity contribution in [1.82, 2.24) is 14.1 Å². The molecule has 0 unspecified atom stereocenters. The van der Waals surface area contributed by atoms with Crippen molar-refractivity contribution in [3.8, 4) is 0 Å². The highest BCUT2D eigenvalue weighted by atomic mass is 35.5. The Morgan fingerprint density at radius 1 is 1.23 bits per heavy atom. The van der Waals surface area contributed by atoms with Crippen molar-refractivity contribution in [2.24, 2.45) is 0 Å². The molecule has 1 N–H and O–H groups in total. The summed E-state index contributed by atoms with van der Waals surface area (Å²) in [6, 6.07) is 5.22. The second-order valence-corrected chi connectivity index (χ2v) is 9.09. The molecule has 3 aromatic rings. The van der Waals surface area contributed by atoms with Gasteiger partial charge in [-0.2, -0.15) is 0 Å². The van der Waals surface area contributed by atoms with E-state index < -0.39 is 5.69 Å². The average molecular weight is 462 g/mol. The van der Waals surface area contributed by atoms with E-state index in [9.17, 15) is 14.4 Å². The summed E-state index contributed by atoms with van der Waals surface area (Å²) in [5, 5.41) is 4.04. The van der Waals surface area contributed by atoms with Crippen molar-refractivity contribution in [3.63, 3.8) is 0 Å². The molecule has 0 spiro atoms. The molecule has 164 valence electrons. The highest BCUT2D eigenvalue weighted by Crippen LogP contribution is 2.28. The highest BCUT2D eigenvalue weighted by Gasteiger charge is 2.23. The molecular weight excluding hydrogens is 438 g/mol. The molecule has 4 rings (SSSR count). The Labute approximate surface area is 188 Å². The maximum Gasteiger partial charge on any atom is 0.333 e. The van der Waals surface area contributed by atoms with E-state index >= 15 is 0 Å². The van der Waals surface area contributed by atoms with E-state index in [2.05, 4.69) is 15.2 Å². The number of halogens is 1. The number of carbonyl (C=O) groups is 1. The predicted molar refractivity (Wildman–Crippen MR) is 125 cm³/mol. The van der Waals surface area contributed by atoms with Crippen LogP contribution in [0.2, 0.25) is 5.02 Å². The van der Waals surface area contributed by atoms with Crippen molar-refractivity contribution < 1.29 is 4.79 Å². The van der Waals surface area contributed by atoms with Crippen molar-refractivity contribution in [2.75, 3.05) is 23.3 Å². The Balaban J connectivity index is 1.76. The zero-order chi connectivity index (χ0) is 22.1.